The molecule has 100 valence electrons. The zero-order valence-electron chi connectivity index (χ0n) is 10.6. The van der Waals surface area contributed by atoms with Gasteiger partial charge in [-0.05, 0) is 39.5 Å². The summed E-state index contributed by atoms with van der Waals surface area (Å²) in [5.41, 5.74) is 0. The fourth-order valence-corrected chi connectivity index (χ4v) is 3.52. The molecular formula is C11H21NO4S. The lowest BCUT2D eigenvalue weighted by Crippen LogP contribution is -2.43. The minimum atomic E-state index is -3.23. The van der Waals surface area contributed by atoms with E-state index in [0.29, 0.717) is 25.7 Å². The molecule has 0 atom stereocenters. The van der Waals surface area contributed by atoms with E-state index in [2.05, 4.69) is 0 Å². The first-order chi connectivity index (χ1) is 7.76. The van der Waals surface area contributed by atoms with Crippen molar-refractivity contribution in [2.45, 2.75) is 50.8 Å². The number of hydrogen-bond donors (Lipinski definition) is 1. The van der Waals surface area contributed by atoms with Crippen molar-refractivity contribution in [2.75, 3.05) is 7.05 Å². The molecule has 1 saturated carbocycles. The van der Waals surface area contributed by atoms with Crippen molar-refractivity contribution in [2.24, 2.45) is 5.92 Å². The molecule has 0 bridgehead atoms. The first kappa shape index (κ1) is 14.4. The monoisotopic (exact) mass is 263 g/mol. The number of aliphatic carboxylic acids is 1. The number of carboxylic acids is 1. The van der Waals surface area contributed by atoms with Crippen molar-refractivity contribution in [1.29, 1.82) is 0 Å². The number of sulfonamides is 1. The highest BCUT2D eigenvalue weighted by Crippen LogP contribution is 2.29. The summed E-state index contributed by atoms with van der Waals surface area (Å²) < 4.78 is 25.3. The molecule has 0 heterocycles. The molecule has 0 aromatic carbocycles. The number of carboxylic acid groups (broad SMARTS) is 1. The number of hydrogen-bond acceptors (Lipinski definition) is 3. The first-order valence-electron chi connectivity index (χ1n) is 5.96. The zero-order chi connectivity index (χ0) is 13.2. The van der Waals surface area contributed by atoms with Gasteiger partial charge in [0.2, 0.25) is 10.0 Å². The van der Waals surface area contributed by atoms with E-state index >= 15 is 0 Å². The van der Waals surface area contributed by atoms with Gasteiger partial charge < -0.3 is 5.11 Å². The molecule has 1 fully saturated rings. The van der Waals surface area contributed by atoms with E-state index in [1.807, 2.05) is 0 Å². The average Bonchev–Trinajstić information content (AvgIpc) is 2.27. The fourth-order valence-electron chi connectivity index (χ4n) is 2.23. The molecular weight excluding hydrogens is 242 g/mol. The maximum atomic E-state index is 12.0. The summed E-state index contributed by atoms with van der Waals surface area (Å²) in [6, 6.07) is -0.0435. The van der Waals surface area contributed by atoms with Gasteiger partial charge in [0, 0.05) is 13.1 Å². The lowest BCUT2D eigenvalue weighted by Gasteiger charge is -2.33. The molecule has 1 rings (SSSR count). The summed E-state index contributed by atoms with van der Waals surface area (Å²) >= 11 is 0. The van der Waals surface area contributed by atoms with Gasteiger partial charge in [0.05, 0.1) is 11.2 Å². The van der Waals surface area contributed by atoms with E-state index in [0.717, 1.165) is 0 Å². The number of rotatable bonds is 4. The Morgan fingerprint density at radius 3 is 2.06 bits per heavy atom. The van der Waals surface area contributed by atoms with Gasteiger partial charge in [0.1, 0.15) is 0 Å². The Balaban J connectivity index is 2.63. The van der Waals surface area contributed by atoms with Crippen LogP contribution < -0.4 is 0 Å². The third-order valence-corrected chi connectivity index (χ3v) is 5.85. The molecule has 0 unspecified atom stereocenters. The molecule has 5 nitrogen and oxygen atoms in total. The van der Waals surface area contributed by atoms with Crippen LogP contribution in [0.1, 0.15) is 39.5 Å². The van der Waals surface area contributed by atoms with Gasteiger partial charge in [0.25, 0.3) is 0 Å². The van der Waals surface area contributed by atoms with Gasteiger partial charge in [-0.15, -0.1) is 0 Å². The summed E-state index contributed by atoms with van der Waals surface area (Å²) in [5.74, 6) is -1.07. The second-order valence-corrected chi connectivity index (χ2v) is 7.50. The van der Waals surface area contributed by atoms with Crippen LogP contribution in [-0.4, -0.2) is 42.1 Å². The molecule has 1 aliphatic rings. The third-order valence-electron chi connectivity index (χ3n) is 3.56. The van der Waals surface area contributed by atoms with Crippen LogP contribution in [0, 0.1) is 5.92 Å². The van der Waals surface area contributed by atoms with Gasteiger partial charge in [0.15, 0.2) is 0 Å². The van der Waals surface area contributed by atoms with Crippen molar-refractivity contribution in [3.63, 3.8) is 0 Å². The maximum absolute atomic E-state index is 12.0. The fraction of sp³-hybridized carbons (Fsp3) is 0.909. The predicted molar refractivity (Wildman–Crippen MR) is 65.2 cm³/mol. The highest BCUT2D eigenvalue weighted by Gasteiger charge is 2.33. The number of nitrogens with zero attached hydrogens (tertiary/aromatic N) is 1. The Bertz CT molecular complexity index is 369. The molecule has 0 aliphatic heterocycles. The van der Waals surface area contributed by atoms with Crippen LogP contribution in [0.15, 0.2) is 0 Å². The van der Waals surface area contributed by atoms with Crippen molar-refractivity contribution in [3.05, 3.63) is 0 Å². The van der Waals surface area contributed by atoms with Gasteiger partial charge in [-0.25, -0.2) is 12.7 Å². The largest absolute Gasteiger partial charge is 0.481 e. The van der Waals surface area contributed by atoms with Crippen molar-refractivity contribution < 1.29 is 18.3 Å². The Labute approximate surface area is 103 Å². The van der Waals surface area contributed by atoms with Gasteiger partial charge >= 0.3 is 5.97 Å². The third kappa shape index (κ3) is 3.19. The molecule has 6 heteroatoms. The summed E-state index contributed by atoms with van der Waals surface area (Å²) in [4.78, 5) is 10.8. The van der Waals surface area contributed by atoms with Gasteiger partial charge in [-0.1, -0.05) is 0 Å². The lowest BCUT2D eigenvalue weighted by molar-refractivity contribution is -0.143. The minimum Gasteiger partial charge on any atom is -0.481 e. The summed E-state index contributed by atoms with van der Waals surface area (Å²) in [6.07, 6.45) is 2.41. The van der Waals surface area contributed by atoms with E-state index in [-0.39, 0.29) is 12.0 Å². The summed E-state index contributed by atoms with van der Waals surface area (Å²) in [7, 11) is -1.63. The summed E-state index contributed by atoms with van der Waals surface area (Å²) in [5, 5.41) is 8.45. The van der Waals surface area contributed by atoms with E-state index < -0.39 is 21.2 Å². The van der Waals surface area contributed by atoms with E-state index in [1.165, 1.54) is 4.31 Å². The van der Waals surface area contributed by atoms with Crippen LogP contribution in [0.2, 0.25) is 0 Å². The lowest BCUT2D eigenvalue weighted by atomic mass is 9.86. The quantitative estimate of drug-likeness (QED) is 0.829. The molecule has 17 heavy (non-hydrogen) atoms. The van der Waals surface area contributed by atoms with Crippen molar-refractivity contribution >= 4 is 16.0 Å². The summed E-state index contributed by atoms with van der Waals surface area (Å²) in [6.45, 7) is 3.32. The van der Waals surface area contributed by atoms with E-state index in [9.17, 15) is 13.2 Å². The molecule has 1 aliphatic carbocycles. The molecule has 0 aromatic heterocycles. The topological polar surface area (TPSA) is 74.7 Å². The highest BCUT2D eigenvalue weighted by atomic mass is 32.2. The second-order valence-electron chi connectivity index (χ2n) is 4.95. The SMILES string of the molecule is CC(C)S(=O)(=O)N(C)C1CCC(C(=O)O)CC1. The second kappa shape index (κ2) is 5.35. The van der Waals surface area contributed by atoms with Crippen LogP contribution in [-0.2, 0) is 14.8 Å². The van der Waals surface area contributed by atoms with Crippen LogP contribution in [0.5, 0.6) is 0 Å². The van der Waals surface area contributed by atoms with Gasteiger partial charge in [-0.3, -0.25) is 4.79 Å². The van der Waals surface area contributed by atoms with Crippen LogP contribution in [0.25, 0.3) is 0 Å². The van der Waals surface area contributed by atoms with Crippen molar-refractivity contribution in [3.8, 4) is 0 Å². The zero-order valence-corrected chi connectivity index (χ0v) is 11.4. The van der Waals surface area contributed by atoms with Crippen LogP contribution in [0.3, 0.4) is 0 Å². The minimum absolute atomic E-state index is 0.0435. The predicted octanol–water partition coefficient (Wildman–Crippen LogP) is 1.30. The Hall–Kier alpha value is -0.620. The average molecular weight is 263 g/mol. The Morgan fingerprint density at radius 1 is 1.24 bits per heavy atom. The first-order valence-corrected chi connectivity index (χ1v) is 7.46. The smallest absolute Gasteiger partial charge is 0.306 e. The molecule has 0 saturated heterocycles. The molecule has 0 amide bonds. The molecule has 0 spiro atoms. The highest BCUT2D eigenvalue weighted by molar-refractivity contribution is 7.89. The van der Waals surface area contributed by atoms with Crippen LogP contribution >= 0.6 is 0 Å². The maximum Gasteiger partial charge on any atom is 0.306 e. The normalized spacial score (nSPS) is 26.4. The Morgan fingerprint density at radius 2 is 1.71 bits per heavy atom. The van der Waals surface area contributed by atoms with E-state index in [1.54, 1.807) is 20.9 Å². The standard InChI is InChI=1S/C11H21NO4S/c1-8(2)17(15,16)12(3)10-6-4-9(5-7-10)11(13)14/h8-10H,4-7H2,1-3H3,(H,13,14). The molecule has 1 N–H and O–H groups in total. The van der Waals surface area contributed by atoms with Crippen molar-refractivity contribution in [1.82, 2.24) is 4.31 Å². The van der Waals surface area contributed by atoms with Gasteiger partial charge in [-0.2, -0.15) is 0 Å². The molecule has 0 aromatic rings. The molecule has 0 radical (unpaired) electrons. The number of carbonyl (C=O) groups is 1. The Kier molecular flexibility index (Phi) is 4.55. The van der Waals surface area contributed by atoms with Crippen LogP contribution in [0.4, 0.5) is 0 Å². The van der Waals surface area contributed by atoms with E-state index in [4.69, 9.17) is 5.11 Å².